The van der Waals surface area contributed by atoms with Crippen molar-refractivity contribution in [3.63, 3.8) is 0 Å². The van der Waals surface area contributed by atoms with Crippen LogP contribution in [0.15, 0.2) is 70.2 Å². The molecule has 10 heteroatoms. The quantitative estimate of drug-likeness (QED) is 0.426. The van der Waals surface area contributed by atoms with Crippen LogP contribution in [0.3, 0.4) is 0 Å². The molecule has 2 aromatic carbocycles. The molecule has 0 unspecified atom stereocenters. The molecule has 0 aliphatic heterocycles. The molecular formula is C22H22FNO7S. The number of methoxy groups -OCH3 is 2. The van der Waals surface area contributed by atoms with E-state index >= 15 is 0 Å². The van der Waals surface area contributed by atoms with E-state index in [1.54, 1.807) is 18.2 Å². The van der Waals surface area contributed by atoms with Crippen LogP contribution in [-0.4, -0.2) is 40.1 Å². The first-order chi connectivity index (χ1) is 15.3. The molecule has 32 heavy (non-hydrogen) atoms. The van der Waals surface area contributed by atoms with E-state index in [-0.39, 0.29) is 42.0 Å². The first-order valence-corrected chi connectivity index (χ1v) is 10.9. The number of furan rings is 1. The van der Waals surface area contributed by atoms with E-state index in [0.29, 0.717) is 11.3 Å². The minimum Gasteiger partial charge on any atom is -0.493 e. The first kappa shape index (κ1) is 23.3. The van der Waals surface area contributed by atoms with Crippen LogP contribution in [0.1, 0.15) is 11.3 Å². The molecule has 1 amide bonds. The number of rotatable bonds is 10. The molecule has 0 fully saturated rings. The lowest BCUT2D eigenvalue weighted by atomic mass is 10.2. The highest BCUT2D eigenvalue weighted by Crippen LogP contribution is 2.31. The molecular weight excluding hydrogens is 441 g/mol. The van der Waals surface area contributed by atoms with Gasteiger partial charge in [-0.1, -0.05) is 6.07 Å². The van der Waals surface area contributed by atoms with Crippen LogP contribution in [0.2, 0.25) is 0 Å². The van der Waals surface area contributed by atoms with Crippen LogP contribution < -0.4 is 8.92 Å². The van der Waals surface area contributed by atoms with Gasteiger partial charge in [-0.05, 0) is 54.1 Å². The lowest BCUT2D eigenvalue weighted by Gasteiger charge is -2.22. The molecule has 0 atom stereocenters. The summed E-state index contributed by atoms with van der Waals surface area (Å²) in [6.45, 7) is 0.213. The molecule has 0 N–H and O–H groups in total. The Balaban J connectivity index is 1.86. The van der Waals surface area contributed by atoms with Crippen molar-refractivity contribution in [3.8, 4) is 11.5 Å². The van der Waals surface area contributed by atoms with Crippen LogP contribution in [-0.2, 0) is 32.7 Å². The maximum atomic E-state index is 13.1. The number of nitrogens with zero attached hydrogens (tertiary/aromatic N) is 1. The number of ether oxygens (including phenoxy) is 2. The Morgan fingerprint density at radius 3 is 2.41 bits per heavy atom. The maximum Gasteiger partial charge on any atom is 0.339 e. The maximum absolute atomic E-state index is 13.1. The molecule has 3 rings (SSSR count). The fourth-order valence-electron chi connectivity index (χ4n) is 2.91. The Hall–Kier alpha value is -3.37. The number of carbonyl (C=O) groups is 1. The van der Waals surface area contributed by atoms with Gasteiger partial charge in [0.1, 0.15) is 23.1 Å². The summed E-state index contributed by atoms with van der Waals surface area (Å²) < 4.78 is 59.2. The third-order valence-corrected chi connectivity index (χ3v) is 5.70. The molecule has 0 aliphatic carbocycles. The van der Waals surface area contributed by atoms with Gasteiger partial charge in [-0.15, -0.1) is 0 Å². The lowest BCUT2D eigenvalue weighted by molar-refractivity contribution is -0.136. The van der Waals surface area contributed by atoms with E-state index in [4.69, 9.17) is 18.1 Å². The summed E-state index contributed by atoms with van der Waals surface area (Å²) in [5.41, 5.74) is 0.589. The number of hydrogen-bond donors (Lipinski definition) is 0. The Kier molecular flexibility index (Phi) is 7.49. The predicted octanol–water partition coefficient (Wildman–Crippen LogP) is 3.37. The molecule has 0 spiro atoms. The van der Waals surface area contributed by atoms with E-state index < -0.39 is 15.9 Å². The second-order valence-corrected chi connectivity index (χ2v) is 8.29. The minimum atomic E-state index is -4.24. The Morgan fingerprint density at radius 1 is 1.03 bits per heavy atom. The van der Waals surface area contributed by atoms with Gasteiger partial charge in [-0.25, -0.2) is 4.39 Å². The van der Waals surface area contributed by atoms with Gasteiger partial charge in [0.05, 0.1) is 19.9 Å². The third kappa shape index (κ3) is 5.86. The lowest BCUT2D eigenvalue weighted by Crippen LogP contribution is -2.32. The average Bonchev–Trinajstić information content (AvgIpc) is 3.27. The van der Waals surface area contributed by atoms with Gasteiger partial charge >= 0.3 is 10.1 Å². The molecule has 0 saturated heterocycles. The largest absolute Gasteiger partial charge is 0.493 e. The summed E-state index contributed by atoms with van der Waals surface area (Å²) in [5.74, 6) is -0.146. The zero-order valence-corrected chi connectivity index (χ0v) is 18.3. The van der Waals surface area contributed by atoms with Gasteiger partial charge in [0, 0.05) is 13.7 Å². The molecule has 0 radical (unpaired) electrons. The van der Waals surface area contributed by atoms with E-state index in [1.165, 1.54) is 37.5 Å². The third-order valence-electron chi connectivity index (χ3n) is 4.45. The summed E-state index contributed by atoms with van der Waals surface area (Å²) >= 11 is 0. The minimum absolute atomic E-state index is 0.0635. The van der Waals surface area contributed by atoms with Crippen molar-refractivity contribution in [1.29, 1.82) is 0 Å². The van der Waals surface area contributed by atoms with E-state index in [2.05, 4.69) is 0 Å². The molecule has 170 valence electrons. The number of halogens is 1. The van der Waals surface area contributed by atoms with Crippen molar-refractivity contribution in [2.24, 2.45) is 0 Å². The van der Waals surface area contributed by atoms with E-state index in [9.17, 15) is 17.6 Å². The molecule has 3 aromatic rings. The fourth-order valence-corrected chi connectivity index (χ4v) is 3.84. The summed E-state index contributed by atoms with van der Waals surface area (Å²) in [5, 5.41) is 0. The molecule has 8 nitrogen and oxygen atoms in total. The van der Waals surface area contributed by atoms with Crippen LogP contribution in [0, 0.1) is 5.82 Å². The molecule has 0 bridgehead atoms. The van der Waals surface area contributed by atoms with Crippen LogP contribution in [0.5, 0.6) is 11.5 Å². The Bertz CT molecular complexity index is 1150. The van der Waals surface area contributed by atoms with Crippen molar-refractivity contribution in [1.82, 2.24) is 4.90 Å². The van der Waals surface area contributed by atoms with Crippen molar-refractivity contribution in [2.45, 2.75) is 18.0 Å². The van der Waals surface area contributed by atoms with Crippen molar-refractivity contribution >= 4 is 16.0 Å². The van der Waals surface area contributed by atoms with Gasteiger partial charge in [0.15, 0.2) is 11.5 Å². The summed E-state index contributed by atoms with van der Waals surface area (Å²) in [6.07, 6.45) is 1.51. The number of hydrogen-bond acceptors (Lipinski definition) is 7. The first-order valence-electron chi connectivity index (χ1n) is 9.48. The van der Waals surface area contributed by atoms with Crippen LogP contribution >= 0.6 is 0 Å². The number of amides is 1. The fraction of sp³-hybridized carbons (Fsp3) is 0.227. The molecule has 0 saturated carbocycles. The Morgan fingerprint density at radius 2 is 1.78 bits per heavy atom. The normalized spacial score (nSPS) is 11.2. The van der Waals surface area contributed by atoms with Crippen molar-refractivity contribution in [2.75, 3.05) is 20.8 Å². The highest BCUT2D eigenvalue weighted by atomic mass is 32.2. The standard InChI is InChI=1S/C22H22FNO7S/c1-28-15-22(25)24(14-18-4-3-11-30-18)13-16-5-10-20(29-2)21(12-16)31-32(26,27)19-8-6-17(23)7-9-19/h3-12H,13-15H2,1-2H3. The van der Waals surface area contributed by atoms with Crippen molar-refractivity contribution in [3.05, 3.63) is 78.0 Å². The molecule has 1 heterocycles. The van der Waals surface area contributed by atoms with Crippen molar-refractivity contribution < 1.29 is 35.7 Å². The van der Waals surface area contributed by atoms with Gasteiger partial charge in [0.2, 0.25) is 5.91 Å². The summed E-state index contributed by atoms with van der Waals surface area (Å²) in [4.78, 5) is 13.8. The predicted molar refractivity (Wildman–Crippen MR) is 112 cm³/mol. The number of benzene rings is 2. The SMILES string of the molecule is COCC(=O)N(Cc1ccc(OC)c(OS(=O)(=O)c2ccc(F)cc2)c1)Cc1ccco1. The monoisotopic (exact) mass is 463 g/mol. The average molecular weight is 463 g/mol. The van der Waals surface area contributed by atoms with Gasteiger partial charge in [0.25, 0.3) is 0 Å². The zero-order chi connectivity index (χ0) is 23.1. The van der Waals surface area contributed by atoms with Crippen LogP contribution in [0.25, 0.3) is 0 Å². The zero-order valence-electron chi connectivity index (χ0n) is 17.5. The summed E-state index contributed by atoms with van der Waals surface area (Å²) in [7, 11) is -1.44. The highest BCUT2D eigenvalue weighted by molar-refractivity contribution is 7.87. The van der Waals surface area contributed by atoms with Crippen LogP contribution in [0.4, 0.5) is 4.39 Å². The summed E-state index contributed by atoms with van der Waals surface area (Å²) in [6, 6.07) is 12.4. The highest BCUT2D eigenvalue weighted by Gasteiger charge is 2.21. The van der Waals surface area contributed by atoms with Gasteiger partial charge in [-0.2, -0.15) is 8.42 Å². The Labute approximate surface area is 185 Å². The number of carbonyl (C=O) groups excluding carboxylic acids is 1. The smallest absolute Gasteiger partial charge is 0.339 e. The topological polar surface area (TPSA) is 95.3 Å². The van der Waals surface area contributed by atoms with E-state index in [0.717, 1.165) is 24.3 Å². The molecule has 1 aromatic heterocycles. The second kappa shape index (κ2) is 10.3. The molecule has 0 aliphatic rings. The van der Waals surface area contributed by atoms with Gasteiger partial charge in [-0.3, -0.25) is 4.79 Å². The second-order valence-electron chi connectivity index (χ2n) is 6.74. The van der Waals surface area contributed by atoms with E-state index in [1.807, 2.05) is 0 Å². The van der Waals surface area contributed by atoms with Gasteiger partial charge < -0.3 is 23.0 Å².